The summed E-state index contributed by atoms with van der Waals surface area (Å²) in [7, 11) is 0. The highest BCUT2D eigenvalue weighted by Crippen LogP contribution is 2.36. The molecule has 110 valence electrons. The Morgan fingerprint density at radius 2 is 1.95 bits per heavy atom. The summed E-state index contributed by atoms with van der Waals surface area (Å²) in [5.74, 6) is -5.35. The van der Waals surface area contributed by atoms with Crippen molar-refractivity contribution in [3.8, 4) is 0 Å². The molecule has 1 aliphatic carbocycles. The molecule has 0 bridgehead atoms. The number of amides is 1. The third-order valence-electron chi connectivity index (χ3n) is 3.41. The van der Waals surface area contributed by atoms with E-state index < -0.39 is 41.6 Å². The molecule has 6 heteroatoms. The van der Waals surface area contributed by atoms with Crippen LogP contribution in [0.2, 0.25) is 0 Å². The summed E-state index contributed by atoms with van der Waals surface area (Å²) in [4.78, 5) is 23.1. The van der Waals surface area contributed by atoms with Crippen LogP contribution in [0.5, 0.6) is 0 Å². The maximum atomic E-state index is 13.2. The Labute approximate surface area is 111 Å². The van der Waals surface area contributed by atoms with Crippen LogP contribution in [0.1, 0.15) is 46.5 Å². The molecule has 0 aromatic rings. The molecule has 2 atom stereocenters. The second-order valence-corrected chi connectivity index (χ2v) is 6.30. The van der Waals surface area contributed by atoms with Crippen molar-refractivity contribution in [2.24, 2.45) is 11.3 Å². The maximum absolute atomic E-state index is 13.2. The van der Waals surface area contributed by atoms with E-state index in [1.807, 2.05) is 0 Å². The zero-order chi connectivity index (χ0) is 14.8. The van der Waals surface area contributed by atoms with Gasteiger partial charge < -0.3 is 10.4 Å². The molecule has 0 radical (unpaired) electrons. The second kappa shape index (κ2) is 5.43. The fourth-order valence-electron chi connectivity index (χ4n) is 2.30. The maximum Gasteiger partial charge on any atom is 0.326 e. The normalized spacial score (nSPS) is 24.6. The van der Waals surface area contributed by atoms with Crippen molar-refractivity contribution in [1.29, 1.82) is 0 Å². The number of halogens is 2. The van der Waals surface area contributed by atoms with E-state index in [1.165, 1.54) is 0 Å². The van der Waals surface area contributed by atoms with Gasteiger partial charge in [-0.3, -0.25) is 4.79 Å². The van der Waals surface area contributed by atoms with Crippen molar-refractivity contribution in [1.82, 2.24) is 5.32 Å². The zero-order valence-corrected chi connectivity index (χ0v) is 11.5. The summed E-state index contributed by atoms with van der Waals surface area (Å²) in [5, 5.41) is 11.5. The first-order valence-corrected chi connectivity index (χ1v) is 6.44. The first-order chi connectivity index (χ1) is 8.53. The average molecular weight is 277 g/mol. The van der Waals surface area contributed by atoms with Crippen LogP contribution < -0.4 is 5.32 Å². The Bertz CT molecular complexity index is 363. The highest BCUT2D eigenvalue weighted by atomic mass is 19.3. The first-order valence-electron chi connectivity index (χ1n) is 6.44. The summed E-state index contributed by atoms with van der Waals surface area (Å²) in [6.07, 6.45) is -0.00995. The molecule has 2 N–H and O–H groups in total. The van der Waals surface area contributed by atoms with Crippen LogP contribution in [0.15, 0.2) is 0 Å². The molecule has 0 spiro atoms. The fraction of sp³-hybridized carbons (Fsp3) is 0.846. The van der Waals surface area contributed by atoms with Gasteiger partial charge >= 0.3 is 5.97 Å². The minimum atomic E-state index is -2.82. The SMILES string of the molecule is CC(C)(C)[C@@H](NC(=O)C1CCCC(F)(F)C1)C(=O)O. The Kier molecular flexibility index (Phi) is 4.53. The summed E-state index contributed by atoms with van der Waals surface area (Å²) >= 11 is 0. The molecular weight excluding hydrogens is 256 g/mol. The number of carbonyl (C=O) groups excluding carboxylic acids is 1. The van der Waals surface area contributed by atoms with Gasteiger partial charge in [-0.1, -0.05) is 20.8 Å². The quantitative estimate of drug-likeness (QED) is 0.832. The van der Waals surface area contributed by atoms with Gasteiger partial charge in [-0.2, -0.15) is 0 Å². The van der Waals surface area contributed by atoms with E-state index in [0.29, 0.717) is 12.8 Å². The Morgan fingerprint density at radius 3 is 2.37 bits per heavy atom. The lowest BCUT2D eigenvalue weighted by atomic mass is 9.83. The number of rotatable bonds is 3. The smallest absolute Gasteiger partial charge is 0.326 e. The molecule has 1 aliphatic rings. The molecule has 0 aromatic carbocycles. The van der Waals surface area contributed by atoms with Crippen molar-refractivity contribution in [2.45, 2.75) is 58.4 Å². The number of aliphatic carboxylic acids is 1. The van der Waals surface area contributed by atoms with E-state index >= 15 is 0 Å². The van der Waals surface area contributed by atoms with Gasteiger partial charge in [0.15, 0.2) is 0 Å². The third kappa shape index (κ3) is 4.44. The van der Waals surface area contributed by atoms with Gasteiger partial charge in [-0.05, 0) is 18.3 Å². The predicted octanol–water partition coefficient (Wildman–Crippen LogP) is 2.43. The van der Waals surface area contributed by atoms with Gasteiger partial charge in [0.2, 0.25) is 11.8 Å². The summed E-state index contributed by atoms with van der Waals surface area (Å²) in [5.41, 5.74) is -0.668. The lowest BCUT2D eigenvalue weighted by Crippen LogP contribution is -2.51. The topological polar surface area (TPSA) is 66.4 Å². The third-order valence-corrected chi connectivity index (χ3v) is 3.41. The number of alkyl halides is 2. The van der Waals surface area contributed by atoms with Crippen molar-refractivity contribution >= 4 is 11.9 Å². The molecule has 19 heavy (non-hydrogen) atoms. The van der Waals surface area contributed by atoms with E-state index in [9.17, 15) is 18.4 Å². The predicted molar refractivity (Wildman–Crippen MR) is 65.9 cm³/mol. The van der Waals surface area contributed by atoms with Crippen molar-refractivity contribution in [3.05, 3.63) is 0 Å². The summed E-state index contributed by atoms with van der Waals surface area (Å²) in [6.45, 7) is 5.05. The van der Waals surface area contributed by atoms with Crippen LogP contribution in [-0.2, 0) is 9.59 Å². The van der Waals surface area contributed by atoms with E-state index in [-0.39, 0.29) is 6.42 Å². The highest BCUT2D eigenvalue weighted by molar-refractivity contribution is 5.85. The molecule has 1 unspecified atom stereocenters. The molecule has 0 heterocycles. The van der Waals surface area contributed by atoms with Crippen molar-refractivity contribution in [2.75, 3.05) is 0 Å². The number of nitrogens with one attached hydrogen (secondary N) is 1. The van der Waals surface area contributed by atoms with Gasteiger partial charge in [-0.15, -0.1) is 0 Å². The average Bonchev–Trinajstić information content (AvgIpc) is 2.21. The standard InChI is InChI=1S/C13H21F2NO3/c1-12(2,3)9(11(18)19)16-10(17)8-5-4-6-13(14,15)7-8/h8-9H,4-7H2,1-3H3,(H,16,17)(H,18,19)/t8?,9-/m0/s1. The van der Waals surface area contributed by atoms with E-state index in [4.69, 9.17) is 5.11 Å². The van der Waals surface area contributed by atoms with Crippen LogP contribution in [0.4, 0.5) is 8.78 Å². The first kappa shape index (κ1) is 15.9. The fourth-order valence-corrected chi connectivity index (χ4v) is 2.30. The molecule has 1 saturated carbocycles. The molecule has 4 nitrogen and oxygen atoms in total. The van der Waals surface area contributed by atoms with Crippen LogP contribution in [0.3, 0.4) is 0 Å². The van der Waals surface area contributed by atoms with Gasteiger partial charge in [-0.25, -0.2) is 13.6 Å². The van der Waals surface area contributed by atoms with Gasteiger partial charge in [0.25, 0.3) is 0 Å². The zero-order valence-electron chi connectivity index (χ0n) is 11.5. The molecule has 1 fully saturated rings. The van der Waals surface area contributed by atoms with Gasteiger partial charge in [0.05, 0.1) is 0 Å². The summed E-state index contributed by atoms with van der Waals surface area (Å²) in [6, 6.07) is -1.07. The van der Waals surface area contributed by atoms with E-state index in [2.05, 4.69) is 5.32 Å². The van der Waals surface area contributed by atoms with Gasteiger partial charge in [0, 0.05) is 18.8 Å². The Morgan fingerprint density at radius 1 is 1.37 bits per heavy atom. The van der Waals surface area contributed by atoms with Crippen LogP contribution in [0.25, 0.3) is 0 Å². The van der Waals surface area contributed by atoms with Gasteiger partial charge in [0.1, 0.15) is 6.04 Å². The molecule has 0 aliphatic heterocycles. The van der Waals surface area contributed by atoms with Crippen LogP contribution >= 0.6 is 0 Å². The minimum Gasteiger partial charge on any atom is -0.480 e. The Balaban J connectivity index is 2.70. The number of carboxylic acids is 1. The molecule has 1 rings (SSSR count). The highest BCUT2D eigenvalue weighted by Gasteiger charge is 2.41. The lowest BCUT2D eigenvalue weighted by Gasteiger charge is -2.32. The molecule has 0 aromatic heterocycles. The Hall–Kier alpha value is -1.20. The van der Waals surface area contributed by atoms with Crippen molar-refractivity contribution < 1.29 is 23.5 Å². The largest absolute Gasteiger partial charge is 0.480 e. The summed E-state index contributed by atoms with van der Waals surface area (Å²) < 4.78 is 26.5. The number of carboxylic acid groups (broad SMARTS) is 1. The van der Waals surface area contributed by atoms with Crippen molar-refractivity contribution in [3.63, 3.8) is 0 Å². The number of hydrogen-bond acceptors (Lipinski definition) is 2. The van der Waals surface area contributed by atoms with Crippen LogP contribution in [-0.4, -0.2) is 28.9 Å². The minimum absolute atomic E-state index is 0.196. The van der Waals surface area contributed by atoms with E-state index in [1.54, 1.807) is 20.8 Å². The number of carbonyl (C=O) groups is 2. The molecular formula is C13H21F2NO3. The second-order valence-electron chi connectivity index (χ2n) is 6.30. The lowest BCUT2D eigenvalue weighted by molar-refractivity contribution is -0.147. The number of hydrogen-bond donors (Lipinski definition) is 2. The monoisotopic (exact) mass is 277 g/mol. The van der Waals surface area contributed by atoms with Crippen LogP contribution in [0, 0.1) is 11.3 Å². The van der Waals surface area contributed by atoms with E-state index in [0.717, 1.165) is 0 Å². The molecule has 0 saturated heterocycles. The molecule has 1 amide bonds.